The van der Waals surface area contributed by atoms with Crippen molar-refractivity contribution in [1.82, 2.24) is 10.2 Å². The van der Waals surface area contributed by atoms with Crippen molar-refractivity contribution < 1.29 is 18.0 Å². The molecular weight excluding hydrogens is 221 g/mol. The molecule has 6 heteroatoms. The van der Waals surface area contributed by atoms with Crippen molar-refractivity contribution in [1.29, 1.82) is 0 Å². The molecule has 2 aromatic rings. The second-order valence-corrected chi connectivity index (χ2v) is 3.06. The SMILES string of the molecule is O=C(c1cn[nH]c1)c1c(F)cc(F)cc1F. The van der Waals surface area contributed by atoms with E-state index in [0.717, 1.165) is 6.20 Å². The number of nitrogens with zero attached hydrogens (tertiary/aromatic N) is 1. The van der Waals surface area contributed by atoms with Gasteiger partial charge in [0.1, 0.15) is 17.5 Å². The number of halogens is 3. The van der Waals surface area contributed by atoms with Crippen molar-refractivity contribution in [2.24, 2.45) is 0 Å². The van der Waals surface area contributed by atoms with Crippen LogP contribution in [0, 0.1) is 17.5 Å². The predicted molar refractivity (Wildman–Crippen MR) is 48.3 cm³/mol. The van der Waals surface area contributed by atoms with E-state index in [9.17, 15) is 18.0 Å². The Bertz CT molecular complexity index is 514. The number of aromatic amines is 1. The van der Waals surface area contributed by atoms with Crippen LogP contribution in [0.1, 0.15) is 15.9 Å². The maximum Gasteiger partial charge on any atom is 0.202 e. The molecular formula is C10H5F3N2O. The second kappa shape index (κ2) is 3.80. The molecule has 0 amide bonds. The predicted octanol–water partition coefficient (Wildman–Crippen LogP) is 2.06. The van der Waals surface area contributed by atoms with Crippen LogP contribution in [0.2, 0.25) is 0 Å². The summed E-state index contributed by atoms with van der Waals surface area (Å²) in [6, 6.07) is 0.910. The van der Waals surface area contributed by atoms with Gasteiger partial charge in [-0.2, -0.15) is 5.10 Å². The van der Waals surface area contributed by atoms with Gasteiger partial charge in [0.15, 0.2) is 0 Å². The molecule has 0 saturated heterocycles. The molecule has 0 aliphatic carbocycles. The van der Waals surface area contributed by atoms with E-state index in [1.807, 2.05) is 0 Å². The average Bonchev–Trinajstić information content (AvgIpc) is 2.67. The Morgan fingerprint density at radius 2 is 1.81 bits per heavy atom. The van der Waals surface area contributed by atoms with Gasteiger partial charge in [-0.1, -0.05) is 0 Å². The molecule has 16 heavy (non-hydrogen) atoms. The van der Waals surface area contributed by atoms with E-state index < -0.39 is 28.8 Å². The van der Waals surface area contributed by atoms with E-state index in [0.29, 0.717) is 12.1 Å². The molecule has 0 atom stereocenters. The van der Waals surface area contributed by atoms with Crippen molar-refractivity contribution in [2.75, 3.05) is 0 Å². The molecule has 2 rings (SSSR count). The Balaban J connectivity index is 2.53. The van der Waals surface area contributed by atoms with Gasteiger partial charge in [0, 0.05) is 18.3 Å². The van der Waals surface area contributed by atoms with Crippen LogP contribution in [-0.4, -0.2) is 16.0 Å². The first-order valence-electron chi connectivity index (χ1n) is 4.27. The van der Waals surface area contributed by atoms with E-state index in [1.54, 1.807) is 0 Å². The van der Waals surface area contributed by atoms with Gasteiger partial charge in [-0.15, -0.1) is 0 Å². The smallest absolute Gasteiger partial charge is 0.202 e. The average molecular weight is 226 g/mol. The van der Waals surface area contributed by atoms with Crippen molar-refractivity contribution in [2.45, 2.75) is 0 Å². The number of benzene rings is 1. The van der Waals surface area contributed by atoms with Gasteiger partial charge in [-0.3, -0.25) is 9.89 Å². The van der Waals surface area contributed by atoms with Gasteiger partial charge in [0.25, 0.3) is 0 Å². The van der Waals surface area contributed by atoms with Gasteiger partial charge < -0.3 is 0 Å². The van der Waals surface area contributed by atoms with Crippen LogP contribution in [0.25, 0.3) is 0 Å². The molecule has 1 heterocycles. The molecule has 0 bridgehead atoms. The molecule has 0 unspecified atom stereocenters. The molecule has 3 nitrogen and oxygen atoms in total. The Morgan fingerprint density at radius 1 is 1.19 bits per heavy atom. The van der Waals surface area contributed by atoms with Gasteiger partial charge in [-0.25, -0.2) is 13.2 Å². The van der Waals surface area contributed by atoms with E-state index in [1.165, 1.54) is 6.20 Å². The molecule has 0 radical (unpaired) electrons. The highest BCUT2D eigenvalue weighted by Crippen LogP contribution is 2.18. The highest BCUT2D eigenvalue weighted by Gasteiger charge is 2.20. The molecule has 82 valence electrons. The van der Waals surface area contributed by atoms with Gasteiger partial charge in [0.05, 0.1) is 17.3 Å². The number of hydrogen-bond acceptors (Lipinski definition) is 2. The maximum absolute atomic E-state index is 13.2. The number of hydrogen-bond donors (Lipinski definition) is 1. The summed E-state index contributed by atoms with van der Waals surface area (Å²) < 4.78 is 39.0. The summed E-state index contributed by atoms with van der Waals surface area (Å²) in [4.78, 5) is 11.6. The number of ketones is 1. The lowest BCUT2D eigenvalue weighted by atomic mass is 10.1. The fourth-order valence-electron chi connectivity index (χ4n) is 1.28. The minimum absolute atomic E-state index is 0.00408. The summed E-state index contributed by atoms with van der Waals surface area (Å²) in [5.74, 6) is -4.42. The van der Waals surface area contributed by atoms with Crippen LogP contribution in [0.4, 0.5) is 13.2 Å². The minimum Gasteiger partial charge on any atom is -0.288 e. The third-order valence-electron chi connectivity index (χ3n) is 1.99. The maximum atomic E-state index is 13.2. The van der Waals surface area contributed by atoms with Gasteiger partial charge in [0.2, 0.25) is 5.78 Å². The van der Waals surface area contributed by atoms with Crippen LogP contribution in [0.5, 0.6) is 0 Å². The number of nitrogens with one attached hydrogen (secondary N) is 1. The summed E-state index contributed by atoms with van der Waals surface area (Å²) in [5, 5.41) is 5.82. The first kappa shape index (κ1) is 10.4. The zero-order valence-electron chi connectivity index (χ0n) is 7.80. The summed E-state index contributed by atoms with van der Waals surface area (Å²) in [7, 11) is 0. The van der Waals surface area contributed by atoms with E-state index in [4.69, 9.17) is 0 Å². The highest BCUT2D eigenvalue weighted by molar-refractivity contribution is 6.09. The van der Waals surface area contributed by atoms with E-state index >= 15 is 0 Å². The van der Waals surface area contributed by atoms with E-state index in [2.05, 4.69) is 10.2 Å². The number of carbonyl (C=O) groups is 1. The fourth-order valence-corrected chi connectivity index (χ4v) is 1.28. The molecule has 0 aliphatic heterocycles. The third-order valence-corrected chi connectivity index (χ3v) is 1.99. The fraction of sp³-hybridized carbons (Fsp3) is 0. The number of carbonyl (C=O) groups excluding carboxylic acids is 1. The van der Waals surface area contributed by atoms with Gasteiger partial charge in [-0.05, 0) is 0 Å². The molecule has 0 fully saturated rings. The summed E-state index contributed by atoms with van der Waals surface area (Å²) in [6.07, 6.45) is 2.33. The van der Waals surface area contributed by atoms with E-state index in [-0.39, 0.29) is 5.56 Å². The lowest BCUT2D eigenvalue weighted by Gasteiger charge is -2.02. The molecule has 0 saturated carbocycles. The monoisotopic (exact) mass is 226 g/mol. The molecule has 1 N–H and O–H groups in total. The molecule has 0 spiro atoms. The number of rotatable bonds is 2. The van der Waals surface area contributed by atoms with Crippen LogP contribution in [0.15, 0.2) is 24.5 Å². The Kier molecular flexibility index (Phi) is 2.47. The normalized spacial score (nSPS) is 10.4. The standard InChI is InChI=1S/C10H5F3N2O/c11-6-1-7(12)9(8(13)2-6)10(16)5-3-14-15-4-5/h1-4H,(H,14,15). The quantitative estimate of drug-likeness (QED) is 0.796. The lowest BCUT2D eigenvalue weighted by molar-refractivity contribution is 0.103. The third kappa shape index (κ3) is 1.69. The molecule has 1 aromatic carbocycles. The lowest BCUT2D eigenvalue weighted by Crippen LogP contribution is -2.07. The van der Waals surface area contributed by atoms with Crippen LogP contribution in [-0.2, 0) is 0 Å². The minimum atomic E-state index is -1.23. The summed E-state index contributed by atoms with van der Waals surface area (Å²) in [6.45, 7) is 0. The van der Waals surface area contributed by atoms with Crippen LogP contribution in [0.3, 0.4) is 0 Å². The van der Waals surface area contributed by atoms with Crippen LogP contribution >= 0.6 is 0 Å². The summed E-state index contributed by atoms with van der Waals surface area (Å²) >= 11 is 0. The highest BCUT2D eigenvalue weighted by atomic mass is 19.1. The first-order valence-corrected chi connectivity index (χ1v) is 4.27. The van der Waals surface area contributed by atoms with Gasteiger partial charge >= 0.3 is 0 Å². The van der Waals surface area contributed by atoms with Crippen molar-refractivity contribution in [3.63, 3.8) is 0 Å². The Hall–Kier alpha value is -2.11. The second-order valence-electron chi connectivity index (χ2n) is 3.06. The zero-order chi connectivity index (χ0) is 11.7. The largest absolute Gasteiger partial charge is 0.288 e. The topological polar surface area (TPSA) is 45.8 Å². The zero-order valence-corrected chi connectivity index (χ0v) is 7.80. The molecule has 0 aliphatic rings. The summed E-state index contributed by atoms with van der Waals surface area (Å²) in [5.41, 5.74) is -0.785. The molecule has 1 aromatic heterocycles. The number of aromatic nitrogens is 2. The van der Waals surface area contributed by atoms with Crippen molar-refractivity contribution in [3.8, 4) is 0 Å². The number of H-pyrrole nitrogens is 1. The van der Waals surface area contributed by atoms with Crippen molar-refractivity contribution in [3.05, 3.63) is 53.1 Å². The Morgan fingerprint density at radius 3 is 2.31 bits per heavy atom. The first-order chi connectivity index (χ1) is 7.59. The Labute approximate surface area is 87.9 Å². The van der Waals surface area contributed by atoms with Crippen LogP contribution < -0.4 is 0 Å². The van der Waals surface area contributed by atoms with Crippen molar-refractivity contribution >= 4 is 5.78 Å².